The highest BCUT2D eigenvalue weighted by Gasteiger charge is 2.30. The molecule has 1 N–H and O–H groups in total. The predicted octanol–water partition coefficient (Wildman–Crippen LogP) is 15.9. The molecule has 0 unspecified atom stereocenters. The smallest absolute Gasteiger partial charge is 0.149 e. The minimum atomic E-state index is -0.317. The molecule has 62 heavy (non-hydrogen) atoms. The first-order chi connectivity index (χ1) is 29.6. The van der Waals surface area contributed by atoms with Crippen LogP contribution >= 0.6 is 0 Å². The van der Waals surface area contributed by atoms with Crippen LogP contribution in [0, 0.1) is 0 Å². The van der Waals surface area contributed by atoms with Gasteiger partial charge in [0.2, 0.25) is 0 Å². The molecule has 0 spiro atoms. The van der Waals surface area contributed by atoms with Gasteiger partial charge in [-0.15, -0.1) is 0 Å². The van der Waals surface area contributed by atoms with Crippen molar-refractivity contribution in [3.05, 3.63) is 168 Å². The molecule has 7 aromatic carbocycles. The van der Waals surface area contributed by atoms with E-state index in [1.807, 2.05) is 6.20 Å². The number of hydrogen-bond donors (Lipinski definition) is 1. The second kappa shape index (κ2) is 15.4. The van der Waals surface area contributed by atoms with Gasteiger partial charge in [-0.1, -0.05) is 166 Å². The molecular weight excluding hydrogens is 755 g/mol. The topological polar surface area (TPSA) is 50.9 Å². The van der Waals surface area contributed by atoms with Gasteiger partial charge in [-0.2, -0.15) is 0 Å². The fourth-order valence-electron chi connectivity index (χ4n) is 9.16. The van der Waals surface area contributed by atoms with Crippen LogP contribution in [-0.2, 0) is 10.8 Å². The molecule has 2 aromatic heterocycles. The average molecular weight is 812 g/mol. The number of para-hydroxylation sites is 1. The van der Waals surface area contributed by atoms with E-state index in [1.54, 1.807) is 0 Å². The highest BCUT2D eigenvalue weighted by Crippen LogP contribution is 2.47. The lowest BCUT2D eigenvalue weighted by Crippen LogP contribution is -2.17. The van der Waals surface area contributed by atoms with E-state index < -0.39 is 0 Å². The number of aromatic nitrogens is 3. The Morgan fingerprint density at radius 1 is 0.532 bits per heavy atom. The maximum atomic E-state index is 12.6. The first-order valence-corrected chi connectivity index (χ1v) is 22.1. The number of fused-ring (bicyclic) bond motifs is 3. The van der Waals surface area contributed by atoms with Crippen LogP contribution in [0.25, 0.3) is 83.2 Å². The van der Waals surface area contributed by atoms with Crippen LogP contribution in [0.2, 0.25) is 0 Å². The second-order valence-corrected chi connectivity index (χ2v) is 19.7. The summed E-state index contributed by atoms with van der Waals surface area (Å²) in [6.07, 6.45) is 1.92. The summed E-state index contributed by atoms with van der Waals surface area (Å²) in [5.41, 5.74) is 14.3. The molecule has 0 fully saturated rings. The van der Waals surface area contributed by atoms with Crippen molar-refractivity contribution in [2.45, 2.75) is 91.9 Å². The van der Waals surface area contributed by atoms with Gasteiger partial charge < -0.3 is 5.11 Å². The van der Waals surface area contributed by atoms with Gasteiger partial charge in [0.05, 0.1) is 28.0 Å². The summed E-state index contributed by atoms with van der Waals surface area (Å²) in [5, 5.41) is 17.2. The van der Waals surface area contributed by atoms with E-state index in [9.17, 15) is 5.11 Å². The number of benzene rings is 7. The van der Waals surface area contributed by atoms with Gasteiger partial charge in [-0.3, -0.25) is 9.55 Å². The van der Waals surface area contributed by atoms with Gasteiger partial charge in [0.1, 0.15) is 11.6 Å². The lowest BCUT2D eigenvalue weighted by molar-refractivity contribution is 0.446. The van der Waals surface area contributed by atoms with Crippen molar-refractivity contribution in [1.82, 2.24) is 14.5 Å². The van der Waals surface area contributed by atoms with Crippen LogP contribution in [-0.4, -0.2) is 19.6 Å². The standard InChI is InChI=1S/C58H57N3O/c1-35(2)46-30-40(37-19-12-11-13-20-37)31-47(36(3)4)54(46)61-51-26-18-25-45(53(51)60-56(61)49-33-42(57(5,6)7)34-50(55(49)62)58(8,9)10)41-29-39-22-15-16-23-43(39)48(32-41)52-44-24-17-14-21-38(44)27-28-59-52/h11-36,62H,1-10H3. The Balaban J connectivity index is 1.42. The first-order valence-electron chi connectivity index (χ1n) is 22.1. The highest BCUT2D eigenvalue weighted by molar-refractivity contribution is 6.07. The summed E-state index contributed by atoms with van der Waals surface area (Å²) in [4.78, 5) is 10.8. The van der Waals surface area contributed by atoms with Crippen LogP contribution in [0.5, 0.6) is 5.75 Å². The first kappa shape index (κ1) is 40.9. The number of imidazole rings is 1. The summed E-state index contributed by atoms with van der Waals surface area (Å²) in [6.45, 7) is 22.4. The number of aromatic hydroxyl groups is 1. The molecule has 9 aromatic rings. The van der Waals surface area contributed by atoms with Crippen molar-refractivity contribution >= 4 is 32.6 Å². The molecule has 0 radical (unpaired) electrons. The largest absolute Gasteiger partial charge is 0.507 e. The normalized spacial score (nSPS) is 12.4. The Morgan fingerprint density at radius 3 is 1.84 bits per heavy atom. The predicted molar refractivity (Wildman–Crippen MR) is 263 cm³/mol. The summed E-state index contributed by atoms with van der Waals surface area (Å²) in [5.74, 6) is 1.39. The molecule has 0 bridgehead atoms. The molecule has 0 saturated carbocycles. The molecule has 310 valence electrons. The number of phenols is 1. The molecule has 0 amide bonds. The van der Waals surface area contributed by atoms with Crippen LogP contribution in [0.1, 0.15) is 103 Å². The van der Waals surface area contributed by atoms with E-state index in [2.05, 4.69) is 213 Å². The molecule has 2 heterocycles. The fourth-order valence-corrected chi connectivity index (χ4v) is 9.16. The molecule has 0 saturated heterocycles. The zero-order valence-electron chi connectivity index (χ0n) is 37.8. The minimum absolute atomic E-state index is 0.175. The third-order valence-corrected chi connectivity index (χ3v) is 12.6. The molecule has 0 aliphatic heterocycles. The van der Waals surface area contributed by atoms with Crippen molar-refractivity contribution < 1.29 is 5.11 Å². The van der Waals surface area contributed by atoms with Gasteiger partial charge in [0.15, 0.2) is 0 Å². The van der Waals surface area contributed by atoms with Gasteiger partial charge in [-0.05, 0) is 115 Å². The molecule has 0 aliphatic rings. The Labute approximate surface area is 367 Å². The third-order valence-electron chi connectivity index (χ3n) is 12.6. The molecule has 4 heteroatoms. The van der Waals surface area contributed by atoms with E-state index >= 15 is 0 Å². The highest BCUT2D eigenvalue weighted by atomic mass is 16.3. The zero-order valence-corrected chi connectivity index (χ0v) is 37.8. The van der Waals surface area contributed by atoms with Crippen molar-refractivity contribution in [3.8, 4) is 56.3 Å². The van der Waals surface area contributed by atoms with Gasteiger partial charge >= 0.3 is 0 Å². The molecule has 9 rings (SSSR count). The maximum absolute atomic E-state index is 12.6. The number of pyridine rings is 1. The zero-order chi connectivity index (χ0) is 43.7. The van der Waals surface area contributed by atoms with Crippen molar-refractivity contribution in [3.63, 3.8) is 0 Å². The van der Waals surface area contributed by atoms with Crippen molar-refractivity contribution in [1.29, 1.82) is 0 Å². The van der Waals surface area contributed by atoms with E-state index in [1.165, 1.54) is 22.3 Å². The minimum Gasteiger partial charge on any atom is -0.507 e. The summed E-state index contributed by atoms with van der Waals surface area (Å²) in [6, 6.07) is 50.2. The quantitative estimate of drug-likeness (QED) is 0.174. The molecular formula is C58H57N3O. The lowest BCUT2D eigenvalue weighted by atomic mass is 9.78. The van der Waals surface area contributed by atoms with E-state index in [-0.39, 0.29) is 28.4 Å². The summed E-state index contributed by atoms with van der Waals surface area (Å²) >= 11 is 0. The number of phenolic OH excluding ortho intramolecular Hbond substituents is 1. The number of hydrogen-bond acceptors (Lipinski definition) is 3. The summed E-state index contributed by atoms with van der Waals surface area (Å²) in [7, 11) is 0. The van der Waals surface area contributed by atoms with Crippen molar-refractivity contribution in [2.75, 3.05) is 0 Å². The Morgan fingerprint density at radius 2 is 1.18 bits per heavy atom. The molecule has 0 aliphatic carbocycles. The van der Waals surface area contributed by atoms with Gasteiger partial charge in [-0.25, -0.2) is 4.98 Å². The van der Waals surface area contributed by atoms with Gasteiger partial charge in [0, 0.05) is 28.3 Å². The Hall–Kier alpha value is -6.52. The van der Waals surface area contributed by atoms with E-state index in [0.717, 1.165) is 83.2 Å². The Bertz CT molecular complexity index is 3120. The fraction of sp³-hybridized carbons (Fsp3) is 0.241. The second-order valence-electron chi connectivity index (χ2n) is 19.7. The van der Waals surface area contributed by atoms with Crippen LogP contribution in [0.3, 0.4) is 0 Å². The van der Waals surface area contributed by atoms with Crippen LogP contribution in [0.15, 0.2) is 146 Å². The van der Waals surface area contributed by atoms with E-state index in [4.69, 9.17) is 9.97 Å². The number of nitrogens with zero attached hydrogens (tertiary/aromatic N) is 3. The number of rotatable bonds is 7. The summed E-state index contributed by atoms with van der Waals surface area (Å²) < 4.78 is 2.38. The molecule has 0 atom stereocenters. The lowest BCUT2D eigenvalue weighted by Gasteiger charge is -2.28. The monoisotopic (exact) mass is 811 g/mol. The third kappa shape index (κ3) is 7.15. The van der Waals surface area contributed by atoms with Gasteiger partial charge in [0.25, 0.3) is 0 Å². The maximum Gasteiger partial charge on any atom is 0.149 e. The van der Waals surface area contributed by atoms with Crippen LogP contribution in [0.4, 0.5) is 0 Å². The Kier molecular flexibility index (Phi) is 10.2. The molecule has 4 nitrogen and oxygen atoms in total. The average Bonchev–Trinajstić information content (AvgIpc) is 3.64. The van der Waals surface area contributed by atoms with Crippen molar-refractivity contribution in [2.24, 2.45) is 0 Å². The van der Waals surface area contributed by atoms with Crippen LogP contribution < -0.4 is 0 Å². The SMILES string of the molecule is CC(C)c1cc(-c2ccccc2)cc(C(C)C)c1-n1c(-c2cc(C(C)(C)C)cc(C(C)(C)C)c2O)nc2c(-c3cc(-c4nccc5ccccc45)c4ccccc4c3)cccc21. The van der Waals surface area contributed by atoms with E-state index in [0.29, 0.717) is 0 Å².